The van der Waals surface area contributed by atoms with Crippen molar-refractivity contribution in [3.05, 3.63) is 16.0 Å². The van der Waals surface area contributed by atoms with Crippen LogP contribution >= 0.6 is 11.3 Å². The number of amides is 2. The molecule has 2 amide bonds. The van der Waals surface area contributed by atoms with Crippen molar-refractivity contribution in [2.75, 3.05) is 44.6 Å². The van der Waals surface area contributed by atoms with Gasteiger partial charge in [0, 0.05) is 50.1 Å². The zero-order valence-corrected chi connectivity index (χ0v) is 17.7. The van der Waals surface area contributed by atoms with Gasteiger partial charge < -0.3 is 15.5 Å². The molecule has 8 heteroatoms. The van der Waals surface area contributed by atoms with Crippen LogP contribution in [-0.4, -0.2) is 66.9 Å². The lowest BCUT2D eigenvalue weighted by Crippen LogP contribution is -2.50. The fourth-order valence-electron chi connectivity index (χ4n) is 4.10. The van der Waals surface area contributed by atoms with Crippen LogP contribution in [0.3, 0.4) is 0 Å². The maximum atomic E-state index is 12.5. The van der Waals surface area contributed by atoms with Crippen LogP contribution in [0.5, 0.6) is 0 Å². The Labute approximate surface area is 176 Å². The summed E-state index contributed by atoms with van der Waals surface area (Å²) in [4.78, 5) is 30.1. The van der Waals surface area contributed by atoms with E-state index in [9.17, 15) is 14.9 Å². The summed E-state index contributed by atoms with van der Waals surface area (Å²) in [5, 5.41) is 16.3. The van der Waals surface area contributed by atoms with Crippen LogP contribution in [0.25, 0.3) is 0 Å². The number of nitrogens with zero attached hydrogens (tertiary/aromatic N) is 3. The highest BCUT2D eigenvalue weighted by atomic mass is 32.1. The highest BCUT2D eigenvalue weighted by Gasteiger charge is 2.26. The zero-order valence-electron chi connectivity index (χ0n) is 16.8. The summed E-state index contributed by atoms with van der Waals surface area (Å²) in [6.07, 6.45) is 6.92. The van der Waals surface area contributed by atoms with Crippen LogP contribution in [-0.2, 0) is 22.4 Å². The lowest BCUT2D eigenvalue weighted by molar-refractivity contribution is -0.122. The molecule has 7 nitrogen and oxygen atoms in total. The predicted octanol–water partition coefficient (Wildman–Crippen LogP) is 1.72. The number of thiophene rings is 1. The minimum absolute atomic E-state index is 0.0219. The van der Waals surface area contributed by atoms with Crippen LogP contribution < -0.4 is 10.6 Å². The van der Waals surface area contributed by atoms with Crippen LogP contribution in [0.2, 0.25) is 0 Å². The molecule has 0 atom stereocenters. The molecule has 2 N–H and O–H groups in total. The average molecular weight is 416 g/mol. The first-order valence-electron chi connectivity index (χ1n) is 10.7. The van der Waals surface area contributed by atoms with Gasteiger partial charge in [-0.3, -0.25) is 14.5 Å². The van der Waals surface area contributed by atoms with Gasteiger partial charge in [-0.15, -0.1) is 11.3 Å². The second-order valence-electron chi connectivity index (χ2n) is 8.28. The van der Waals surface area contributed by atoms with Gasteiger partial charge in [-0.05, 0) is 44.1 Å². The fourth-order valence-corrected chi connectivity index (χ4v) is 5.35. The molecule has 3 aliphatic rings. The lowest BCUT2D eigenvalue weighted by Gasteiger charge is -2.34. The molecule has 2 heterocycles. The van der Waals surface area contributed by atoms with Gasteiger partial charge in [0.2, 0.25) is 11.8 Å². The van der Waals surface area contributed by atoms with E-state index in [0.29, 0.717) is 31.1 Å². The van der Waals surface area contributed by atoms with Gasteiger partial charge in [-0.1, -0.05) is 0 Å². The molecule has 0 spiro atoms. The van der Waals surface area contributed by atoms with Crippen molar-refractivity contribution in [3.8, 4) is 6.07 Å². The number of nitrogens with one attached hydrogen (secondary N) is 2. The molecular formula is C21H29N5O2S. The first-order valence-corrected chi connectivity index (χ1v) is 11.5. The molecule has 29 heavy (non-hydrogen) atoms. The Hall–Kier alpha value is -1.95. The molecule has 2 aliphatic carbocycles. The maximum absolute atomic E-state index is 12.5. The summed E-state index contributed by atoms with van der Waals surface area (Å²) < 4.78 is 0. The number of carbonyl (C=O) groups is 2. The summed E-state index contributed by atoms with van der Waals surface area (Å²) >= 11 is 1.58. The summed E-state index contributed by atoms with van der Waals surface area (Å²) in [5.74, 6) is 0.110. The molecule has 156 valence electrons. The van der Waals surface area contributed by atoms with Crippen molar-refractivity contribution in [1.29, 1.82) is 5.26 Å². The van der Waals surface area contributed by atoms with Crippen LogP contribution in [0.1, 0.15) is 48.1 Å². The predicted molar refractivity (Wildman–Crippen MR) is 113 cm³/mol. The highest BCUT2D eigenvalue weighted by molar-refractivity contribution is 7.16. The molecule has 1 aromatic rings. The Morgan fingerprint density at radius 3 is 2.52 bits per heavy atom. The number of nitriles is 1. The number of hydrogen-bond acceptors (Lipinski definition) is 6. The van der Waals surface area contributed by atoms with E-state index in [1.165, 1.54) is 11.3 Å². The SMILES string of the molecule is N#Cc1c(NC(=O)CCN2CCN(CC(=O)NC3CC3)CC2)sc2c1CCCC2. The Bertz CT molecular complexity index is 803. The molecule has 0 bridgehead atoms. The monoisotopic (exact) mass is 415 g/mol. The van der Waals surface area contributed by atoms with Crippen LogP contribution in [0.4, 0.5) is 5.00 Å². The number of hydrogen-bond donors (Lipinski definition) is 2. The van der Waals surface area contributed by atoms with E-state index < -0.39 is 0 Å². The van der Waals surface area contributed by atoms with E-state index in [-0.39, 0.29) is 11.8 Å². The Morgan fingerprint density at radius 2 is 1.79 bits per heavy atom. The summed E-state index contributed by atoms with van der Waals surface area (Å²) in [5.41, 5.74) is 1.83. The summed E-state index contributed by atoms with van der Waals surface area (Å²) in [6, 6.07) is 2.71. The number of rotatable bonds is 7. The van der Waals surface area contributed by atoms with Crippen molar-refractivity contribution in [3.63, 3.8) is 0 Å². The second kappa shape index (κ2) is 9.24. The molecule has 4 rings (SSSR count). The third-order valence-electron chi connectivity index (χ3n) is 5.97. The van der Waals surface area contributed by atoms with E-state index in [1.54, 1.807) is 11.3 Å². The molecule has 1 aromatic heterocycles. The third kappa shape index (κ3) is 5.35. The molecule has 1 aliphatic heterocycles. The number of fused-ring (bicyclic) bond motifs is 1. The normalized spacial score (nSPS) is 20.0. The van der Waals surface area contributed by atoms with Gasteiger partial charge in [0.05, 0.1) is 12.1 Å². The minimum Gasteiger partial charge on any atom is -0.352 e. The lowest BCUT2D eigenvalue weighted by atomic mass is 9.96. The first-order chi connectivity index (χ1) is 14.1. The average Bonchev–Trinajstić information content (AvgIpc) is 3.46. The van der Waals surface area contributed by atoms with E-state index in [1.807, 2.05) is 0 Å². The highest BCUT2D eigenvalue weighted by Crippen LogP contribution is 2.37. The molecule has 1 saturated heterocycles. The smallest absolute Gasteiger partial charge is 0.234 e. The van der Waals surface area contributed by atoms with Gasteiger partial charge in [0.1, 0.15) is 11.1 Å². The first kappa shape index (κ1) is 20.3. The van der Waals surface area contributed by atoms with Gasteiger partial charge in [0.15, 0.2) is 0 Å². The second-order valence-corrected chi connectivity index (χ2v) is 9.39. The van der Waals surface area contributed by atoms with Crippen molar-refractivity contribution in [2.45, 2.75) is 51.0 Å². The number of aryl methyl sites for hydroxylation is 1. The van der Waals surface area contributed by atoms with Crippen molar-refractivity contribution >= 4 is 28.2 Å². The number of anilines is 1. The molecule has 1 saturated carbocycles. The van der Waals surface area contributed by atoms with Crippen LogP contribution in [0, 0.1) is 11.3 Å². The zero-order chi connectivity index (χ0) is 20.2. The summed E-state index contributed by atoms with van der Waals surface area (Å²) in [6.45, 7) is 4.65. The Balaban J connectivity index is 1.19. The standard InChI is InChI=1S/C21H29N5O2S/c22-13-17-16-3-1-2-4-18(16)29-21(17)24-19(27)7-8-25-9-11-26(12-10-25)14-20(28)23-15-5-6-15/h15H,1-12,14H2,(H,23,28)(H,24,27). The molecule has 0 unspecified atom stereocenters. The molecule has 2 fully saturated rings. The third-order valence-corrected chi connectivity index (χ3v) is 7.17. The van der Waals surface area contributed by atoms with Gasteiger partial charge >= 0.3 is 0 Å². The van der Waals surface area contributed by atoms with Crippen LogP contribution in [0.15, 0.2) is 0 Å². The van der Waals surface area contributed by atoms with Crippen molar-refractivity contribution in [2.24, 2.45) is 0 Å². The minimum atomic E-state index is -0.0219. The van der Waals surface area contributed by atoms with E-state index in [0.717, 1.165) is 68.8 Å². The fraction of sp³-hybridized carbons (Fsp3) is 0.667. The Kier molecular flexibility index (Phi) is 6.48. The van der Waals surface area contributed by atoms with Crippen molar-refractivity contribution in [1.82, 2.24) is 15.1 Å². The molecule has 0 aromatic carbocycles. The van der Waals surface area contributed by atoms with Gasteiger partial charge in [-0.25, -0.2) is 0 Å². The number of piperazine rings is 1. The maximum Gasteiger partial charge on any atom is 0.234 e. The van der Waals surface area contributed by atoms with E-state index >= 15 is 0 Å². The van der Waals surface area contributed by atoms with E-state index in [2.05, 4.69) is 26.5 Å². The van der Waals surface area contributed by atoms with Gasteiger partial charge in [-0.2, -0.15) is 5.26 Å². The van der Waals surface area contributed by atoms with E-state index in [4.69, 9.17) is 0 Å². The molecular weight excluding hydrogens is 386 g/mol. The van der Waals surface area contributed by atoms with Crippen molar-refractivity contribution < 1.29 is 9.59 Å². The quantitative estimate of drug-likeness (QED) is 0.708. The molecule has 0 radical (unpaired) electrons. The topological polar surface area (TPSA) is 88.5 Å². The Morgan fingerprint density at radius 1 is 1.07 bits per heavy atom. The largest absolute Gasteiger partial charge is 0.352 e. The van der Waals surface area contributed by atoms with Gasteiger partial charge in [0.25, 0.3) is 0 Å². The number of carbonyl (C=O) groups excluding carboxylic acids is 2. The summed E-state index contributed by atoms with van der Waals surface area (Å²) in [7, 11) is 0.